The fourth-order valence-corrected chi connectivity index (χ4v) is 4.89. The number of hydrogen-bond acceptors (Lipinski definition) is 5. The zero-order valence-corrected chi connectivity index (χ0v) is 14.3. The number of benzene rings is 1. The number of sulfone groups is 1. The minimum absolute atomic E-state index is 0.0277. The lowest BCUT2D eigenvalue weighted by molar-refractivity contribution is -0.121. The van der Waals surface area contributed by atoms with E-state index >= 15 is 0 Å². The predicted molar refractivity (Wildman–Crippen MR) is 86.5 cm³/mol. The van der Waals surface area contributed by atoms with Gasteiger partial charge in [-0.1, -0.05) is 0 Å². The van der Waals surface area contributed by atoms with Crippen LogP contribution in [0.5, 0.6) is 5.75 Å². The zero-order valence-electron chi connectivity index (χ0n) is 13.5. The van der Waals surface area contributed by atoms with Crippen LogP contribution in [-0.4, -0.2) is 44.3 Å². The van der Waals surface area contributed by atoms with Crippen molar-refractivity contribution in [3.05, 3.63) is 29.3 Å². The minimum atomic E-state index is -3.09. The maximum atomic E-state index is 12.3. The molecule has 1 aliphatic heterocycles. The van der Waals surface area contributed by atoms with Crippen LogP contribution in [0, 0.1) is 0 Å². The van der Waals surface area contributed by atoms with Crippen molar-refractivity contribution in [2.45, 2.75) is 32.2 Å². The molecule has 0 spiro atoms. The first-order chi connectivity index (χ1) is 10.6. The van der Waals surface area contributed by atoms with Crippen LogP contribution in [0.3, 0.4) is 0 Å². The van der Waals surface area contributed by atoms with Crippen LogP contribution >= 0.6 is 0 Å². The molecular formula is C16H21NO5S. The Morgan fingerprint density at radius 1 is 1.35 bits per heavy atom. The van der Waals surface area contributed by atoms with Crippen LogP contribution in [0.1, 0.15) is 36.2 Å². The molecular weight excluding hydrogens is 318 g/mol. The molecule has 1 aromatic rings. The molecule has 0 aromatic heterocycles. The average Bonchev–Trinajstić information content (AvgIpc) is 2.71. The van der Waals surface area contributed by atoms with Gasteiger partial charge >= 0.3 is 0 Å². The number of Topliss-reactive ketones (excluding diaryl/α,β-unsaturated/α-hetero) is 1. The Morgan fingerprint density at radius 3 is 2.57 bits per heavy atom. The summed E-state index contributed by atoms with van der Waals surface area (Å²) in [6, 6.07) is 4.93. The fraction of sp³-hybridized carbons (Fsp3) is 0.500. The van der Waals surface area contributed by atoms with Crippen molar-refractivity contribution < 1.29 is 22.7 Å². The highest BCUT2D eigenvalue weighted by Crippen LogP contribution is 2.24. The maximum Gasteiger partial charge on any atom is 0.225 e. The molecule has 1 fully saturated rings. The molecule has 1 amide bonds. The van der Waals surface area contributed by atoms with Gasteiger partial charge in [0.1, 0.15) is 5.75 Å². The summed E-state index contributed by atoms with van der Waals surface area (Å²) in [4.78, 5) is 23.8. The maximum absolute atomic E-state index is 12.3. The van der Waals surface area contributed by atoms with Crippen molar-refractivity contribution in [3.8, 4) is 5.75 Å². The number of carbonyl (C=O) groups is 2. The number of carbonyl (C=O) groups excluding carboxylic acids is 2. The lowest BCUT2D eigenvalue weighted by Gasteiger charge is -2.24. The third-order valence-electron chi connectivity index (χ3n) is 3.98. The van der Waals surface area contributed by atoms with E-state index in [0.717, 1.165) is 0 Å². The fourth-order valence-electron chi connectivity index (χ4n) is 2.80. The number of nitrogens with one attached hydrogen (secondary N) is 1. The molecule has 0 saturated carbocycles. The second-order valence-electron chi connectivity index (χ2n) is 6.21. The first-order valence-electron chi connectivity index (χ1n) is 7.33. The van der Waals surface area contributed by atoms with Crippen LogP contribution in [0.15, 0.2) is 18.2 Å². The zero-order chi connectivity index (χ0) is 17.3. The van der Waals surface area contributed by atoms with E-state index in [1.54, 1.807) is 25.1 Å². The van der Waals surface area contributed by atoms with E-state index in [1.165, 1.54) is 14.0 Å². The van der Waals surface area contributed by atoms with Crippen LogP contribution < -0.4 is 10.1 Å². The van der Waals surface area contributed by atoms with Gasteiger partial charge in [0.2, 0.25) is 5.91 Å². The topological polar surface area (TPSA) is 89.5 Å². The van der Waals surface area contributed by atoms with Gasteiger partial charge in [-0.3, -0.25) is 9.59 Å². The van der Waals surface area contributed by atoms with Gasteiger partial charge in [0.05, 0.1) is 30.6 Å². The molecule has 0 aliphatic carbocycles. The van der Waals surface area contributed by atoms with E-state index in [-0.39, 0.29) is 29.6 Å². The SMILES string of the molecule is COc1ccc(C(C)=O)cc1CC(=O)N[C@@]1(C)CCS(=O)(=O)C1. The quantitative estimate of drug-likeness (QED) is 0.813. The van der Waals surface area contributed by atoms with E-state index in [0.29, 0.717) is 23.3 Å². The number of methoxy groups -OCH3 is 1. The monoisotopic (exact) mass is 339 g/mol. The van der Waals surface area contributed by atoms with Gasteiger partial charge in [-0.05, 0) is 38.5 Å². The first-order valence-corrected chi connectivity index (χ1v) is 9.15. The summed E-state index contributed by atoms with van der Waals surface area (Å²) in [5, 5.41) is 2.80. The highest BCUT2D eigenvalue weighted by molar-refractivity contribution is 7.91. The summed E-state index contributed by atoms with van der Waals surface area (Å²) in [7, 11) is -1.59. The molecule has 0 unspecified atom stereocenters. The average molecular weight is 339 g/mol. The Morgan fingerprint density at radius 2 is 2.04 bits per heavy atom. The Bertz CT molecular complexity index is 741. The summed E-state index contributed by atoms with van der Waals surface area (Å²) >= 11 is 0. The van der Waals surface area contributed by atoms with Crippen molar-refractivity contribution in [2.75, 3.05) is 18.6 Å². The Labute approximate surface area is 136 Å². The summed E-state index contributed by atoms with van der Waals surface area (Å²) in [6.07, 6.45) is 0.436. The summed E-state index contributed by atoms with van der Waals surface area (Å²) < 4.78 is 28.4. The van der Waals surface area contributed by atoms with Gasteiger partial charge in [-0.25, -0.2) is 8.42 Å². The van der Waals surface area contributed by atoms with Crippen LogP contribution in [0.2, 0.25) is 0 Å². The van der Waals surface area contributed by atoms with Gasteiger partial charge in [0.25, 0.3) is 0 Å². The van der Waals surface area contributed by atoms with Crippen LogP contribution in [0.4, 0.5) is 0 Å². The Balaban J connectivity index is 2.14. The number of amides is 1. The van der Waals surface area contributed by atoms with Crippen LogP contribution in [-0.2, 0) is 21.1 Å². The van der Waals surface area contributed by atoms with Crippen LogP contribution in [0.25, 0.3) is 0 Å². The third kappa shape index (κ3) is 4.31. The van der Waals surface area contributed by atoms with E-state index in [9.17, 15) is 18.0 Å². The number of rotatable bonds is 5. The minimum Gasteiger partial charge on any atom is -0.496 e. The molecule has 0 radical (unpaired) electrons. The molecule has 1 aliphatic rings. The number of hydrogen-bond donors (Lipinski definition) is 1. The number of ether oxygens (including phenoxy) is 1. The van der Waals surface area contributed by atoms with E-state index in [2.05, 4.69) is 5.32 Å². The van der Waals surface area contributed by atoms with Gasteiger partial charge in [0.15, 0.2) is 15.6 Å². The van der Waals surface area contributed by atoms with Crippen molar-refractivity contribution >= 4 is 21.5 Å². The standard InChI is InChI=1S/C16H21NO5S/c1-11(18)12-4-5-14(22-3)13(8-12)9-15(19)17-16(2)6-7-23(20,21)10-16/h4-5,8H,6-7,9-10H2,1-3H3,(H,17,19)/t16-/m0/s1. The van der Waals surface area contributed by atoms with E-state index in [4.69, 9.17) is 4.74 Å². The van der Waals surface area contributed by atoms with Gasteiger partial charge in [0, 0.05) is 11.1 Å². The van der Waals surface area contributed by atoms with Gasteiger partial charge in [-0.15, -0.1) is 0 Å². The van der Waals surface area contributed by atoms with E-state index < -0.39 is 15.4 Å². The smallest absolute Gasteiger partial charge is 0.225 e. The van der Waals surface area contributed by atoms with Crippen molar-refractivity contribution in [1.29, 1.82) is 0 Å². The highest BCUT2D eigenvalue weighted by atomic mass is 32.2. The molecule has 1 N–H and O–H groups in total. The van der Waals surface area contributed by atoms with Crippen molar-refractivity contribution in [1.82, 2.24) is 5.32 Å². The highest BCUT2D eigenvalue weighted by Gasteiger charge is 2.39. The van der Waals surface area contributed by atoms with Crippen molar-refractivity contribution in [3.63, 3.8) is 0 Å². The lowest BCUT2D eigenvalue weighted by Crippen LogP contribution is -2.47. The second kappa shape index (κ2) is 6.31. The van der Waals surface area contributed by atoms with Gasteiger partial charge < -0.3 is 10.1 Å². The molecule has 7 heteroatoms. The molecule has 6 nitrogen and oxygen atoms in total. The van der Waals surface area contributed by atoms with E-state index in [1.807, 2.05) is 0 Å². The summed E-state index contributed by atoms with van der Waals surface area (Å²) in [5.41, 5.74) is 0.367. The largest absolute Gasteiger partial charge is 0.496 e. The normalized spacial score (nSPS) is 22.6. The third-order valence-corrected chi connectivity index (χ3v) is 5.89. The van der Waals surface area contributed by atoms with Crippen molar-refractivity contribution in [2.24, 2.45) is 0 Å². The molecule has 1 heterocycles. The predicted octanol–water partition coefficient (Wildman–Crippen LogP) is 1.13. The first kappa shape index (κ1) is 17.5. The molecule has 1 saturated heterocycles. The second-order valence-corrected chi connectivity index (χ2v) is 8.39. The Kier molecular flexibility index (Phi) is 4.79. The number of ketones is 1. The lowest BCUT2D eigenvalue weighted by atomic mass is 10.00. The van der Waals surface area contributed by atoms with Gasteiger partial charge in [-0.2, -0.15) is 0 Å². The molecule has 126 valence electrons. The Hall–Kier alpha value is -1.89. The summed E-state index contributed by atoms with van der Waals surface area (Å²) in [6.45, 7) is 3.19. The molecule has 1 aromatic carbocycles. The molecule has 1 atom stereocenters. The molecule has 2 rings (SSSR count). The molecule has 23 heavy (non-hydrogen) atoms. The summed E-state index contributed by atoms with van der Waals surface area (Å²) in [5.74, 6) is 0.185. The molecule has 0 bridgehead atoms.